The van der Waals surface area contributed by atoms with Crippen molar-refractivity contribution < 1.29 is 27.9 Å². The Morgan fingerprint density at radius 1 is 1.19 bits per heavy atom. The van der Waals surface area contributed by atoms with Gasteiger partial charge in [0, 0.05) is 18.3 Å². The Hall–Kier alpha value is -2.49. The normalized spacial score (nSPS) is 15.4. The van der Waals surface area contributed by atoms with Crippen LogP contribution in [0.1, 0.15) is 53.7 Å². The molecule has 2 N–H and O–H groups in total. The molecular weight excluding hydrogens is 383 g/mol. The fraction of sp³-hybridized carbons (Fsp3) is 0.412. The van der Waals surface area contributed by atoms with Crippen LogP contribution in [0.15, 0.2) is 24.3 Å². The molecule has 2 aromatic rings. The molecule has 1 fully saturated rings. The summed E-state index contributed by atoms with van der Waals surface area (Å²) >= 11 is 1.28. The summed E-state index contributed by atoms with van der Waals surface area (Å²) in [5, 5.41) is 20.7. The van der Waals surface area contributed by atoms with Gasteiger partial charge in [0.15, 0.2) is 0 Å². The molecule has 1 aromatic heterocycles. The standard InChI is InChI=1S/C17H16F3N3O3S/c18-17(19,20)12-5-3-9(4-6-12)11(8-14(25)26)7-13(24)21-16-23-22-15(27-16)10-1-2-10/h3-6,10-11H,1-2,7-8H2,(H,25,26)(H,21,23,24)/t11-/m1/s1. The van der Waals surface area contributed by atoms with Crippen LogP contribution < -0.4 is 5.32 Å². The fourth-order valence-corrected chi connectivity index (χ4v) is 3.57. The Bertz CT molecular complexity index is 832. The van der Waals surface area contributed by atoms with Crippen LogP contribution in [0.5, 0.6) is 0 Å². The van der Waals surface area contributed by atoms with E-state index in [0.717, 1.165) is 30.0 Å². The first-order chi connectivity index (χ1) is 12.7. The van der Waals surface area contributed by atoms with E-state index in [1.54, 1.807) is 0 Å². The van der Waals surface area contributed by atoms with Crippen LogP contribution in [0.2, 0.25) is 0 Å². The molecule has 0 saturated heterocycles. The lowest BCUT2D eigenvalue weighted by molar-refractivity contribution is -0.138. The summed E-state index contributed by atoms with van der Waals surface area (Å²) in [6, 6.07) is 4.18. The number of carboxylic acids is 1. The first-order valence-corrected chi connectivity index (χ1v) is 9.06. The number of aromatic nitrogens is 2. The first kappa shape index (κ1) is 19.3. The van der Waals surface area contributed by atoms with E-state index in [2.05, 4.69) is 15.5 Å². The van der Waals surface area contributed by atoms with E-state index in [1.807, 2.05) is 0 Å². The van der Waals surface area contributed by atoms with Crippen LogP contribution in [0, 0.1) is 0 Å². The second-order valence-corrected chi connectivity index (χ2v) is 7.40. The minimum atomic E-state index is -4.48. The van der Waals surface area contributed by atoms with Gasteiger partial charge in [-0.15, -0.1) is 10.2 Å². The number of rotatable bonds is 7. The van der Waals surface area contributed by atoms with Crippen molar-refractivity contribution in [2.45, 2.75) is 43.7 Å². The molecule has 1 aliphatic rings. The Morgan fingerprint density at radius 3 is 2.41 bits per heavy atom. The smallest absolute Gasteiger partial charge is 0.416 e. The van der Waals surface area contributed by atoms with E-state index in [0.29, 0.717) is 16.6 Å². The molecule has 0 spiro atoms. The van der Waals surface area contributed by atoms with Crippen molar-refractivity contribution in [2.24, 2.45) is 0 Å². The maximum absolute atomic E-state index is 12.7. The van der Waals surface area contributed by atoms with Gasteiger partial charge < -0.3 is 10.4 Å². The highest BCUT2D eigenvalue weighted by atomic mass is 32.1. The van der Waals surface area contributed by atoms with E-state index in [4.69, 9.17) is 5.11 Å². The topological polar surface area (TPSA) is 92.2 Å². The quantitative estimate of drug-likeness (QED) is 0.734. The van der Waals surface area contributed by atoms with Crippen molar-refractivity contribution >= 4 is 28.3 Å². The average molecular weight is 399 g/mol. The maximum atomic E-state index is 12.7. The van der Waals surface area contributed by atoms with Crippen molar-refractivity contribution in [3.63, 3.8) is 0 Å². The summed E-state index contributed by atoms with van der Waals surface area (Å²) in [5.41, 5.74) is -0.470. The lowest BCUT2D eigenvalue weighted by atomic mass is 9.91. The highest BCUT2D eigenvalue weighted by Gasteiger charge is 2.31. The number of benzene rings is 1. The minimum Gasteiger partial charge on any atom is -0.481 e. The van der Waals surface area contributed by atoms with Crippen LogP contribution in [0.25, 0.3) is 0 Å². The molecule has 0 aliphatic heterocycles. The Kier molecular flexibility index (Phi) is 5.45. The number of hydrogen-bond donors (Lipinski definition) is 2. The number of aliphatic carboxylic acids is 1. The number of alkyl halides is 3. The fourth-order valence-electron chi connectivity index (χ4n) is 2.64. The number of nitrogens with zero attached hydrogens (tertiary/aromatic N) is 2. The zero-order valence-electron chi connectivity index (χ0n) is 14.0. The number of carbonyl (C=O) groups is 2. The van der Waals surface area contributed by atoms with Gasteiger partial charge in [0.2, 0.25) is 11.0 Å². The molecule has 1 saturated carbocycles. The summed E-state index contributed by atoms with van der Waals surface area (Å²) < 4.78 is 38.0. The van der Waals surface area contributed by atoms with Gasteiger partial charge in [-0.1, -0.05) is 23.5 Å². The molecule has 3 rings (SSSR count). The summed E-state index contributed by atoms with van der Waals surface area (Å²) in [4.78, 5) is 23.4. The predicted molar refractivity (Wildman–Crippen MR) is 91.6 cm³/mol. The highest BCUT2D eigenvalue weighted by molar-refractivity contribution is 7.15. The summed E-state index contributed by atoms with van der Waals surface area (Å²) in [5.74, 6) is -1.94. The van der Waals surface area contributed by atoms with Crippen LogP contribution in [-0.2, 0) is 15.8 Å². The first-order valence-electron chi connectivity index (χ1n) is 8.24. The highest BCUT2D eigenvalue weighted by Crippen LogP contribution is 2.42. The van der Waals surface area contributed by atoms with Crippen molar-refractivity contribution in [3.05, 3.63) is 40.4 Å². The monoisotopic (exact) mass is 399 g/mol. The van der Waals surface area contributed by atoms with Gasteiger partial charge in [-0.3, -0.25) is 9.59 Å². The number of hydrogen-bond acceptors (Lipinski definition) is 5. The summed E-state index contributed by atoms with van der Waals surface area (Å²) in [6.45, 7) is 0. The third-order valence-corrected chi connectivity index (χ3v) is 5.18. The van der Waals surface area contributed by atoms with Crippen molar-refractivity contribution in [3.8, 4) is 0 Å². The van der Waals surface area contributed by atoms with Gasteiger partial charge in [-0.25, -0.2) is 0 Å². The molecule has 0 unspecified atom stereocenters. The number of amides is 1. The zero-order valence-corrected chi connectivity index (χ0v) is 14.8. The van der Waals surface area contributed by atoms with Crippen LogP contribution in [-0.4, -0.2) is 27.2 Å². The molecule has 0 radical (unpaired) electrons. The second kappa shape index (κ2) is 7.63. The van der Waals surface area contributed by atoms with Crippen LogP contribution in [0.4, 0.5) is 18.3 Å². The molecule has 27 heavy (non-hydrogen) atoms. The van der Waals surface area contributed by atoms with Gasteiger partial charge in [-0.2, -0.15) is 13.2 Å². The molecule has 0 bridgehead atoms. The molecule has 144 valence electrons. The second-order valence-electron chi connectivity index (χ2n) is 6.39. The Labute approximate surface area is 156 Å². The summed E-state index contributed by atoms with van der Waals surface area (Å²) in [7, 11) is 0. The molecule has 1 aromatic carbocycles. The van der Waals surface area contributed by atoms with E-state index < -0.39 is 29.5 Å². The van der Waals surface area contributed by atoms with Gasteiger partial charge in [-0.05, 0) is 30.5 Å². The Morgan fingerprint density at radius 2 is 1.85 bits per heavy atom. The third-order valence-electron chi connectivity index (χ3n) is 4.18. The van der Waals surface area contributed by atoms with Crippen LogP contribution in [0.3, 0.4) is 0 Å². The lowest BCUT2D eigenvalue weighted by Crippen LogP contribution is -2.18. The molecule has 1 atom stereocenters. The maximum Gasteiger partial charge on any atom is 0.416 e. The van der Waals surface area contributed by atoms with Crippen LogP contribution >= 0.6 is 11.3 Å². The van der Waals surface area contributed by atoms with Crippen molar-refractivity contribution in [1.29, 1.82) is 0 Å². The SMILES string of the molecule is O=C(O)C[C@@H](CC(=O)Nc1nnc(C2CC2)s1)c1ccc(C(F)(F)F)cc1. The average Bonchev–Trinajstić information content (AvgIpc) is 3.33. The van der Waals surface area contributed by atoms with Crippen molar-refractivity contribution in [2.75, 3.05) is 5.32 Å². The van der Waals surface area contributed by atoms with Gasteiger partial charge in [0.1, 0.15) is 5.01 Å². The molecule has 6 nitrogen and oxygen atoms in total. The molecule has 1 heterocycles. The molecular formula is C17H16F3N3O3S. The number of nitrogens with one attached hydrogen (secondary N) is 1. The number of halogens is 3. The Balaban J connectivity index is 1.68. The lowest BCUT2D eigenvalue weighted by Gasteiger charge is -2.16. The van der Waals surface area contributed by atoms with Crippen molar-refractivity contribution in [1.82, 2.24) is 10.2 Å². The number of carbonyl (C=O) groups excluding carboxylic acids is 1. The molecule has 10 heteroatoms. The van der Waals surface area contributed by atoms with Gasteiger partial charge in [0.05, 0.1) is 12.0 Å². The molecule has 1 amide bonds. The number of anilines is 1. The third kappa shape index (κ3) is 5.25. The zero-order chi connectivity index (χ0) is 19.6. The van der Waals surface area contributed by atoms with E-state index in [9.17, 15) is 22.8 Å². The minimum absolute atomic E-state index is 0.185. The van der Waals surface area contributed by atoms with E-state index >= 15 is 0 Å². The van der Waals surface area contributed by atoms with E-state index in [-0.39, 0.29) is 12.8 Å². The van der Waals surface area contributed by atoms with E-state index in [1.165, 1.54) is 23.5 Å². The summed E-state index contributed by atoms with van der Waals surface area (Å²) in [6.07, 6.45) is -2.93. The molecule has 1 aliphatic carbocycles. The van der Waals surface area contributed by atoms with Gasteiger partial charge in [0.25, 0.3) is 0 Å². The largest absolute Gasteiger partial charge is 0.481 e. The van der Waals surface area contributed by atoms with Gasteiger partial charge >= 0.3 is 12.1 Å². The number of carboxylic acid groups (broad SMARTS) is 1. The predicted octanol–water partition coefficient (Wildman–Crippen LogP) is 4.02.